The van der Waals surface area contributed by atoms with Crippen LogP contribution in [0.5, 0.6) is 0 Å². The predicted molar refractivity (Wildman–Crippen MR) is 99.5 cm³/mol. The number of hydrogen-bond donors (Lipinski definition) is 1. The van der Waals surface area contributed by atoms with Gasteiger partial charge in [-0.15, -0.1) is 5.10 Å². The molecule has 3 aromatic rings. The maximum Gasteiger partial charge on any atom is 0.361 e. The number of aromatic nitrogens is 3. The van der Waals surface area contributed by atoms with Crippen LogP contribution in [0, 0.1) is 12.7 Å². The first kappa shape index (κ1) is 19.2. The highest BCUT2D eigenvalue weighted by Crippen LogP contribution is 2.09. The van der Waals surface area contributed by atoms with Crippen molar-refractivity contribution in [3.63, 3.8) is 0 Å². The van der Waals surface area contributed by atoms with Crippen molar-refractivity contribution >= 4 is 11.9 Å². The van der Waals surface area contributed by atoms with Crippen LogP contribution in [0.4, 0.5) is 4.39 Å². The van der Waals surface area contributed by atoms with Crippen molar-refractivity contribution in [2.75, 3.05) is 13.2 Å². The van der Waals surface area contributed by atoms with Gasteiger partial charge in [0.2, 0.25) is 0 Å². The van der Waals surface area contributed by atoms with Crippen LogP contribution in [0.1, 0.15) is 21.7 Å². The van der Waals surface area contributed by atoms with E-state index in [4.69, 9.17) is 4.74 Å². The number of carbonyl (C=O) groups excluding carboxylic acids is 2. The monoisotopic (exact) mass is 382 g/mol. The SMILES string of the molecule is Cc1nn(-c2ccccc2)nc1C(=O)OCC(=O)NCCc1ccccc1F. The Labute approximate surface area is 161 Å². The van der Waals surface area contributed by atoms with Crippen LogP contribution in [-0.2, 0) is 16.0 Å². The van der Waals surface area contributed by atoms with Gasteiger partial charge in [-0.05, 0) is 37.1 Å². The minimum Gasteiger partial charge on any atom is -0.451 e. The van der Waals surface area contributed by atoms with Crippen LogP contribution in [0.3, 0.4) is 0 Å². The Morgan fingerprint density at radius 2 is 1.79 bits per heavy atom. The van der Waals surface area contributed by atoms with Crippen LogP contribution in [0.2, 0.25) is 0 Å². The van der Waals surface area contributed by atoms with Gasteiger partial charge in [-0.3, -0.25) is 4.79 Å². The van der Waals surface area contributed by atoms with Gasteiger partial charge in [0.15, 0.2) is 12.3 Å². The van der Waals surface area contributed by atoms with Gasteiger partial charge in [0.1, 0.15) is 5.82 Å². The summed E-state index contributed by atoms with van der Waals surface area (Å²) in [6.07, 6.45) is 0.344. The number of rotatable bonds is 7. The van der Waals surface area contributed by atoms with E-state index in [9.17, 15) is 14.0 Å². The lowest BCUT2D eigenvalue weighted by molar-refractivity contribution is -0.124. The number of para-hydroxylation sites is 1. The molecular weight excluding hydrogens is 363 g/mol. The zero-order valence-corrected chi connectivity index (χ0v) is 15.3. The molecule has 0 fully saturated rings. The van der Waals surface area contributed by atoms with E-state index >= 15 is 0 Å². The summed E-state index contributed by atoms with van der Waals surface area (Å²) in [7, 11) is 0. The topological polar surface area (TPSA) is 86.1 Å². The zero-order valence-electron chi connectivity index (χ0n) is 15.3. The van der Waals surface area contributed by atoms with Crippen LogP contribution in [0.15, 0.2) is 54.6 Å². The maximum absolute atomic E-state index is 13.5. The number of esters is 1. The summed E-state index contributed by atoms with van der Waals surface area (Å²) in [5.74, 6) is -1.53. The van der Waals surface area contributed by atoms with Crippen LogP contribution in [0.25, 0.3) is 5.69 Å². The smallest absolute Gasteiger partial charge is 0.361 e. The van der Waals surface area contributed by atoms with E-state index in [0.717, 1.165) is 0 Å². The third-order valence-electron chi connectivity index (χ3n) is 3.97. The fraction of sp³-hybridized carbons (Fsp3) is 0.200. The summed E-state index contributed by atoms with van der Waals surface area (Å²) in [5.41, 5.74) is 1.65. The second kappa shape index (κ2) is 8.90. The van der Waals surface area contributed by atoms with Crippen molar-refractivity contribution in [1.82, 2.24) is 20.3 Å². The summed E-state index contributed by atoms with van der Waals surface area (Å²) in [5, 5.41) is 10.9. The average Bonchev–Trinajstić information content (AvgIpc) is 3.10. The molecule has 8 heteroatoms. The number of aryl methyl sites for hydroxylation is 1. The van der Waals surface area contributed by atoms with Gasteiger partial charge in [-0.25, -0.2) is 9.18 Å². The molecule has 0 saturated heterocycles. The molecule has 1 amide bonds. The number of halogens is 1. The molecule has 0 aliphatic rings. The molecule has 0 bridgehead atoms. The van der Waals surface area contributed by atoms with Gasteiger partial charge in [0, 0.05) is 6.54 Å². The molecule has 0 atom stereocenters. The van der Waals surface area contributed by atoms with E-state index in [0.29, 0.717) is 23.4 Å². The van der Waals surface area contributed by atoms with Gasteiger partial charge in [-0.2, -0.15) is 9.90 Å². The van der Waals surface area contributed by atoms with Gasteiger partial charge in [0.25, 0.3) is 5.91 Å². The Hall–Kier alpha value is -3.55. The number of nitrogens with zero attached hydrogens (tertiary/aromatic N) is 3. The highest BCUT2D eigenvalue weighted by molar-refractivity contribution is 5.90. The van der Waals surface area contributed by atoms with E-state index in [2.05, 4.69) is 15.5 Å². The van der Waals surface area contributed by atoms with Crippen molar-refractivity contribution in [2.45, 2.75) is 13.3 Å². The third-order valence-corrected chi connectivity index (χ3v) is 3.97. The number of amides is 1. The summed E-state index contributed by atoms with van der Waals surface area (Å²) < 4.78 is 18.5. The van der Waals surface area contributed by atoms with E-state index < -0.39 is 18.5 Å². The molecule has 0 saturated carbocycles. The molecule has 2 aromatic carbocycles. The van der Waals surface area contributed by atoms with Crippen molar-refractivity contribution in [2.24, 2.45) is 0 Å². The molecule has 144 valence electrons. The van der Waals surface area contributed by atoms with Crippen LogP contribution < -0.4 is 5.32 Å². The van der Waals surface area contributed by atoms with Gasteiger partial charge in [-0.1, -0.05) is 36.4 Å². The Balaban J connectivity index is 1.49. The number of nitrogens with one attached hydrogen (secondary N) is 1. The average molecular weight is 382 g/mol. The molecule has 0 aliphatic carbocycles. The fourth-order valence-corrected chi connectivity index (χ4v) is 2.53. The van der Waals surface area contributed by atoms with Gasteiger partial charge >= 0.3 is 5.97 Å². The highest BCUT2D eigenvalue weighted by Gasteiger charge is 2.19. The Bertz CT molecular complexity index is 973. The summed E-state index contributed by atoms with van der Waals surface area (Å²) in [6, 6.07) is 15.5. The predicted octanol–water partition coefficient (Wildman–Crippen LogP) is 2.23. The molecular formula is C20H19FN4O3. The molecule has 3 rings (SSSR count). The zero-order chi connectivity index (χ0) is 19.9. The third kappa shape index (κ3) is 4.79. The summed E-state index contributed by atoms with van der Waals surface area (Å²) in [4.78, 5) is 25.4. The first-order chi connectivity index (χ1) is 13.5. The van der Waals surface area contributed by atoms with Crippen molar-refractivity contribution in [1.29, 1.82) is 0 Å². The number of ether oxygens (including phenoxy) is 1. The van der Waals surface area contributed by atoms with E-state index in [1.807, 2.05) is 18.2 Å². The Kier molecular flexibility index (Phi) is 6.11. The quantitative estimate of drug-likeness (QED) is 0.634. The van der Waals surface area contributed by atoms with E-state index in [1.54, 1.807) is 37.3 Å². The lowest BCUT2D eigenvalue weighted by Crippen LogP contribution is -2.30. The largest absolute Gasteiger partial charge is 0.451 e. The minimum atomic E-state index is -0.732. The summed E-state index contributed by atoms with van der Waals surface area (Å²) >= 11 is 0. The molecule has 1 heterocycles. The molecule has 1 N–H and O–H groups in total. The fourth-order valence-electron chi connectivity index (χ4n) is 2.53. The van der Waals surface area contributed by atoms with Gasteiger partial charge < -0.3 is 10.1 Å². The molecule has 0 spiro atoms. The first-order valence-electron chi connectivity index (χ1n) is 8.71. The number of hydrogen-bond acceptors (Lipinski definition) is 5. The van der Waals surface area contributed by atoms with E-state index in [-0.39, 0.29) is 18.1 Å². The Morgan fingerprint density at radius 3 is 2.54 bits per heavy atom. The lowest BCUT2D eigenvalue weighted by atomic mass is 10.1. The normalized spacial score (nSPS) is 10.5. The molecule has 1 aromatic heterocycles. The van der Waals surface area contributed by atoms with Crippen molar-refractivity contribution < 1.29 is 18.7 Å². The molecule has 0 unspecified atom stereocenters. The van der Waals surface area contributed by atoms with Crippen LogP contribution >= 0.6 is 0 Å². The first-order valence-corrected chi connectivity index (χ1v) is 8.71. The van der Waals surface area contributed by atoms with Crippen LogP contribution in [-0.4, -0.2) is 40.0 Å². The Morgan fingerprint density at radius 1 is 1.07 bits per heavy atom. The lowest BCUT2D eigenvalue weighted by Gasteiger charge is -2.06. The second-order valence-electron chi connectivity index (χ2n) is 6.03. The molecule has 0 radical (unpaired) electrons. The highest BCUT2D eigenvalue weighted by atomic mass is 19.1. The van der Waals surface area contributed by atoms with E-state index in [1.165, 1.54) is 10.9 Å². The minimum absolute atomic E-state index is 0.0445. The second-order valence-corrected chi connectivity index (χ2v) is 6.03. The molecule has 7 nitrogen and oxygen atoms in total. The van der Waals surface area contributed by atoms with Crippen molar-refractivity contribution in [3.8, 4) is 5.69 Å². The molecule has 0 aliphatic heterocycles. The standard InChI is InChI=1S/C20H19FN4O3/c1-14-19(24-25(23-14)16-8-3-2-4-9-16)20(27)28-13-18(26)22-12-11-15-7-5-6-10-17(15)21/h2-10H,11-13H2,1H3,(H,22,26). The van der Waals surface area contributed by atoms with Crippen molar-refractivity contribution in [3.05, 3.63) is 77.4 Å². The number of benzene rings is 2. The van der Waals surface area contributed by atoms with Gasteiger partial charge in [0.05, 0.1) is 11.4 Å². The maximum atomic E-state index is 13.5. The molecule has 28 heavy (non-hydrogen) atoms. The number of carbonyl (C=O) groups is 2. The summed E-state index contributed by atoms with van der Waals surface area (Å²) in [6.45, 7) is 1.42.